The first-order valence-electron chi connectivity index (χ1n) is 8.27. The fourth-order valence-corrected chi connectivity index (χ4v) is 4.22. The summed E-state index contributed by atoms with van der Waals surface area (Å²) < 4.78 is 5.77. The van der Waals surface area contributed by atoms with E-state index in [0.717, 1.165) is 26.6 Å². The predicted molar refractivity (Wildman–Crippen MR) is 98.7 cm³/mol. The minimum Gasteiger partial charge on any atom is -0.488 e. The van der Waals surface area contributed by atoms with Crippen molar-refractivity contribution in [2.24, 2.45) is 5.92 Å². The highest BCUT2D eigenvalue weighted by atomic mass is 32.1. The molecule has 1 aliphatic rings. The fraction of sp³-hybridized carbons (Fsp3) is 0.421. The van der Waals surface area contributed by atoms with Crippen molar-refractivity contribution in [1.29, 1.82) is 0 Å². The van der Waals surface area contributed by atoms with Gasteiger partial charge in [0.1, 0.15) is 12.4 Å². The van der Waals surface area contributed by atoms with Gasteiger partial charge in [-0.1, -0.05) is 26.0 Å². The molecular formula is C19H24N2O2S. The zero-order valence-corrected chi connectivity index (χ0v) is 15.4. The number of thiophene rings is 1. The molecule has 0 unspecified atom stereocenters. The van der Waals surface area contributed by atoms with Gasteiger partial charge in [0.15, 0.2) is 0 Å². The van der Waals surface area contributed by atoms with Crippen molar-refractivity contribution in [2.75, 3.05) is 20.6 Å². The molecule has 5 heteroatoms. The second-order valence-electron chi connectivity index (χ2n) is 6.73. The standard InChI is InChI=1S/C19H24N2O2S/c1-12(2)15(21(3)4)10-20-19(22)17-9-13-11-23-16-8-6-5-7-14(16)18(13)24-17/h5-9,12,15H,10-11H2,1-4H3,(H,20,22)/t15-/m0/s1. The average Bonchev–Trinajstić information content (AvgIpc) is 2.99. The Hall–Kier alpha value is -1.85. The zero-order valence-electron chi connectivity index (χ0n) is 14.6. The van der Waals surface area contributed by atoms with Gasteiger partial charge in [-0.15, -0.1) is 11.3 Å². The topological polar surface area (TPSA) is 41.6 Å². The Bertz CT molecular complexity index is 729. The normalized spacial score (nSPS) is 14.1. The average molecular weight is 344 g/mol. The van der Waals surface area contributed by atoms with E-state index >= 15 is 0 Å². The minimum atomic E-state index is -0.000573. The Labute approximate surface area is 147 Å². The smallest absolute Gasteiger partial charge is 0.261 e. The van der Waals surface area contributed by atoms with Crippen molar-refractivity contribution < 1.29 is 9.53 Å². The van der Waals surface area contributed by atoms with E-state index in [1.165, 1.54) is 0 Å². The molecular weight excluding hydrogens is 320 g/mol. The highest BCUT2D eigenvalue weighted by molar-refractivity contribution is 7.17. The van der Waals surface area contributed by atoms with Crippen LogP contribution >= 0.6 is 11.3 Å². The van der Waals surface area contributed by atoms with Crippen molar-refractivity contribution in [2.45, 2.75) is 26.5 Å². The molecule has 1 aromatic heterocycles. The van der Waals surface area contributed by atoms with Crippen molar-refractivity contribution in [3.05, 3.63) is 40.8 Å². The molecule has 2 heterocycles. The van der Waals surface area contributed by atoms with Gasteiger partial charge in [0, 0.05) is 28.6 Å². The second-order valence-corrected chi connectivity index (χ2v) is 7.79. The molecule has 0 spiro atoms. The Kier molecular flexibility index (Phi) is 4.92. The predicted octanol–water partition coefficient (Wildman–Crippen LogP) is 3.62. The lowest BCUT2D eigenvalue weighted by Crippen LogP contribution is -2.43. The Morgan fingerprint density at radius 2 is 2.08 bits per heavy atom. The van der Waals surface area contributed by atoms with Gasteiger partial charge in [-0.2, -0.15) is 0 Å². The van der Waals surface area contributed by atoms with Gasteiger partial charge in [0.05, 0.1) is 4.88 Å². The largest absolute Gasteiger partial charge is 0.488 e. The lowest BCUT2D eigenvalue weighted by atomic mass is 10.0. The highest BCUT2D eigenvalue weighted by Crippen LogP contribution is 2.42. The summed E-state index contributed by atoms with van der Waals surface area (Å²) in [5.41, 5.74) is 2.17. The highest BCUT2D eigenvalue weighted by Gasteiger charge is 2.23. The molecule has 0 radical (unpaired) electrons. The Morgan fingerprint density at radius 1 is 1.33 bits per heavy atom. The summed E-state index contributed by atoms with van der Waals surface area (Å²) in [6.45, 7) is 5.53. The van der Waals surface area contributed by atoms with Gasteiger partial charge in [0.2, 0.25) is 0 Å². The molecule has 1 aliphatic heterocycles. The molecule has 0 bridgehead atoms. The zero-order chi connectivity index (χ0) is 17.3. The summed E-state index contributed by atoms with van der Waals surface area (Å²) in [7, 11) is 4.10. The molecule has 1 atom stereocenters. The van der Waals surface area contributed by atoms with Crippen LogP contribution in [0.3, 0.4) is 0 Å². The van der Waals surface area contributed by atoms with Crippen LogP contribution < -0.4 is 10.1 Å². The van der Waals surface area contributed by atoms with Gasteiger partial charge < -0.3 is 15.0 Å². The molecule has 1 N–H and O–H groups in total. The second kappa shape index (κ2) is 6.95. The molecule has 1 aromatic carbocycles. The lowest BCUT2D eigenvalue weighted by Gasteiger charge is -2.27. The molecule has 3 rings (SSSR count). The van der Waals surface area contributed by atoms with E-state index in [9.17, 15) is 4.79 Å². The number of amides is 1. The first-order valence-corrected chi connectivity index (χ1v) is 9.08. The summed E-state index contributed by atoms with van der Waals surface area (Å²) in [5, 5.41) is 3.08. The number of carbonyl (C=O) groups is 1. The monoisotopic (exact) mass is 344 g/mol. The van der Waals surface area contributed by atoms with E-state index < -0.39 is 0 Å². The maximum absolute atomic E-state index is 12.6. The van der Waals surface area contributed by atoms with Crippen LogP contribution in [0, 0.1) is 5.92 Å². The van der Waals surface area contributed by atoms with Crippen LogP contribution in [0.25, 0.3) is 10.4 Å². The lowest BCUT2D eigenvalue weighted by molar-refractivity contribution is 0.0938. The van der Waals surface area contributed by atoms with Crippen molar-refractivity contribution >= 4 is 17.2 Å². The van der Waals surface area contributed by atoms with Gasteiger partial charge in [-0.3, -0.25) is 4.79 Å². The molecule has 128 valence electrons. The van der Waals surface area contributed by atoms with Gasteiger partial charge >= 0.3 is 0 Å². The molecule has 0 saturated carbocycles. The summed E-state index contributed by atoms with van der Waals surface area (Å²) in [6.07, 6.45) is 0. The third kappa shape index (κ3) is 3.32. The third-order valence-corrected chi connectivity index (χ3v) is 5.66. The fourth-order valence-electron chi connectivity index (χ4n) is 3.11. The van der Waals surface area contributed by atoms with E-state index in [1.807, 2.05) is 30.3 Å². The van der Waals surface area contributed by atoms with Crippen LogP contribution in [0.5, 0.6) is 5.75 Å². The maximum atomic E-state index is 12.6. The van der Waals surface area contributed by atoms with Gasteiger partial charge in [-0.25, -0.2) is 0 Å². The van der Waals surface area contributed by atoms with E-state index in [4.69, 9.17) is 4.74 Å². The first kappa shape index (κ1) is 17.0. The Morgan fingerprint density at radius 3 is 2.79 bits per heavy atom. The molecule has 0 saturated heterocycles. The number of likely N-dealkylation sites (N-methyl/N-ethyl adjacent to an activating group) is 1. The van der Waals surface area contributed by atoms with E-state index in [0.29, 0.717) is 25.1 Å². The van der Waals surface area contributed by atoms with Crippen molar-refractivity contribution in [1.82, 2.24) is 10.2 Å². The number of ether oxygens (including phenoxy) is 1. The number of rotatable bonds is 5. The number of nitrogens with one attached hydrogen (secondary N) is 1. The minimum absolute atomic E-state index is 0.000573. The summed E-state index contributed by atoms with van der Waals surface area (Å²) in [5.74, 6) is 1.38. The SMILES string of the molecule is CC(C)[C@H](CNC(=O)c1cc2c(s1)-c1ccccc1OC2)N(C)C. The summed E-state index contributed by atoms with van der Waals surface area (Å²) in [4.78, 5) is 16.6. The number of benzene rings is 1. The Balaban J connectivity index is 1.75. The number of hydrogen-bond donors (Lipinski definition) is 1. The number of hydrogen-bond acceptors (Lipinski definition) is 4. The van der Waals surface area contributed by atoms with Crippen LogP contribution in [-0.4, -0.2) is 37.5 Å². The molecule has 1 amide bonds. The quantitative estimate of drug-likeness (QED) is 0.901. The van der Waals surface area contributed by atoms with E-state index in [1.54, 1.807) is 11.3 Å². The molecule has 0 aliphatic carbocycles. The molecule has 4 nitrogen and oxygen atoms in total. The first-order chi connectivity index (χ1) is 11.5. The van der Waals surface area contributed by atoms with Crippen LogP contribution in [0.15, 0.2) is 30.3 Å². The van der Waals surface area contributed by atoms with Crippen molar-refractivity contribution in [3.63, 3.8) is 0 Å². The molecule has 24 heavy (non-hydrogen) atoms. The van der Waals surface area contributed by atoms with E-state index in [-0.39, 0.29) is 5.91 Å². The number of carbonyl (C=O) groups excluding carboxylic acids is 1. The molecule has 2 aromatic rings. The summed E-state index contributed by atoms with van der Waals surface area (Å²) in [6, 6.07) is 10.3. The maximum Gasteiger partial charge on any atom is 0.261 e. The number of fused-ring (bicyclic) bond motifs is 3. The van der Waals surface area contributed by atoms with Crippen LogP contribution in [0.4, 0.5) is 0 Å². The van der Waals surface area contributed by atoms with Crippen LogP contribution in [0.2, 0.25) is 0 Å². The van der Waals surface area contributed by atoms with Crippen LogP contribution in [0.1, 0.15) is 29.1 Å². The summed E-state index contributed by atoms with van der Waals surface area (Å²) >= 11 is 1.55. The third-order valence-electron chi connectivity index (χ3n) is 4.45. The van der Waals surface area contributed by atoms with Gasteiger partial charge in [-0.05, 0) is 38.2 Å². The molecule has 0 fully saturated rings. The van der Waals surface area contributed by atoms with Crippen LogP contribution in [-0.2, 0) is 6.61 Å². The van der Waals surface area contributed by atoms with Crippen molar-refractivity contribution in [3.8, 4) is 16.2 Å². The number of para-hydroxylation sites is 1. The number of nitrogens with zero attached hydrogens (tertiary/aromatic N) is 1. The van der Waals surface area contributed by atoms with E-state index in [2.05, 4.69) is 38.2 Å². The van der Waals surface area contributed by atoms with Gasteiger partial charge in [0.25, 0.3) is 5.91 Å².